The number of unbranched alkanes of at least 4 members (excludes halogenated alkanes) is 2. The summed E-state index contributed by atoms with van der Waals surface area (Å²) >= 11 is 0. The normalized spacial score (nSPS) is 12.4. The predicted molar refractivity (Wildman–Crippen MR) is 119 cm³/mol. The van der Waals surface area contributed by atoms with Crippen LogP contribution in [0.4, 0.5) is 0 Å². The molecule has 2 aromatic rings. The summed E-state index contributed by atoms with van der Waals surface area (Å²) in [6.07, 6.45) is 11.4. The van der Waals surface area contributed by atoms with E-state index < -0.39 is 0 Å². The van der Waals surface area contributed by atoms with Crippen molar-refractivity contribution in [1.29, 1.82) is 0 Å². The standard InChI is InChI=1S/C23H38N6O2/c1-5-19(4)23(31)11-7-9-15-29-17-21(25-27-29)13-12-20-16-28(26-24-20)14-8-6-10-22(30)18(2)3/h16-19H,5-15H2,1-4H3. The van der Waals surface area contributed by atoms with Crippen molar-refractivity contribution in [1.82, 2.24) is 30.0 Å². The molecule has 1 atom stereocenters. The largest absolute Gasteiger partial charge is 0.299 e. The molecule has 172 valence electrons. The Morgan fingerprint density at radius 1 is 0.806 bits per heavy atom. The van der Waals surface area contributed by atoms with Crippen molar-refractivity contribution < 1.29 is 9.59 Å². The first-order valence-electron chi connectivity index (χ1n) is 11.7. The number of nitrogens with zero attached hydrogens (tertiary/aromatic N) is 6. The van der Waals surface area contributed by atoms with Crippen molar-refractivity contribution in [3.63, 3.8) is 0 Å². The molecule has 0 aliphatic rings. The number of carbonyl (C=O) groups is 2. The monoisotopic (exact) mass is 430 g/mol. The highest BCUT2D eigenvalue weighted by Crippen LogP contribution is 2.10. The molecule has 1 unspecified atom stereocenters. The van der Waals surface area contributed by atoms with Gasteiger partial charge in [-0.05, 0) is 44.9 Å². The average molecular weight is 431 g/mol. The lowest BCUT2D eigenvalue weighted by molar-refractivity contribution is -0.123. The summed E-state index contributed by atoms with van der Waals surface area (Å²) in [4.78, 5) is 23.5. The van der Waals surface area contributed by atoms with Crippen molar-refractivity contribution in [3.8, 4) is 0 Å². The van der Waals surface area contributed by atoms with Gasteiger partial charge in [-0.3, -0.25) is 19.0 Å². The van der Waals surface area contributed by atoms with Crippen molar-refractivity contribution in [2.24, 2.45) is 11.8 Å². The zero-order chi connectivity index (χ0) is 22.6. The van der Waals surface area contributed by atoms with Crippen LogP contribution in [0.2, 0.25) is 0 Å². The fraction of sp³-hybridized carbons (Fsp3) is 0.739. The number of carbonyl (C=O) groups excluding carboxylic acids is 2. The van der Waals surface area contributed by atoms with Crippen LogP contribution in [-0.2, 0) is 35.5 Å². The highest BCUT2D eigenvalue weighted by Gasteiger charge is 2.10. The van der Waals surface area contributed by atoms with E-state index in [2.05, 4.69) is 27.5 Å². The molecule has 0 amide bonds. The Balaban J connectivity index is 1.64. The van der Waals surface area contributed by atoms with Gasteiger partial charge in [0, 0.05) is 50.2 Å². The van der Waals surface area contributed by atoms with Gasteiger partial charge in [0.2, 0.25) is 0 Å². The third-order valence-corrected chi connectivity index (χ3v) is 5.74. The minimum atomic E-state index is 0.120. The van der Waals surface area contributed by atoms with E-state index in [0.29, 0.717) is 24.4 Å². The smallest absolute Gasteiger partial charge is 0.135 e. The highest BCUT2D eigenvalue weighted by atomic mass is 16.1. The maximum Gasteiger partial charge on any atom is 0.135 e. The van der Waals surface area contributed by atoms with Gasteiger partial charge < -0.3 is 0 Å². The van der Waals surface area contributed by atoms with Crippen LogP contribution in [0.25, 0.3) is 0 Å². The average Bonchev–Trinajstić information content (AvgIpc) is 3.41. The van der Waals surface area contributed by atoms with Crippen LogP contribution < -0.4 is 0 Å². The van der Waals surface area contributed by atoms with E-state index >= 15 is 0 Å². The summed E-state index contributed by atoms with van der Waals surface area (Å²) < 4.78 is 3.71. The molecule has 0 saturated heterocycles. The molecule has 0 fully saturated rings. The third kappa shape index (κ3) is 9.11. The van der Waals surface area contributed by atoms with Crippen molar-refractivity contribution in [3.05, 3.63) is 23.8 Å². The zero-order valence-corrected chi connectivity index (χ0v) is 19.6. The Hall–Kier alpha value is -2.38. The molecule has 0 aliphatic heterocycles. The lowest BCUT2D eigenvalue weighted by Gasteiger charge is -2.06. The first kappa shape index (κ1) is 24.9. The van der Waals surface area contributed by atoms with Gasteiger partial charge >= 0.3 is 0 Å². The van der Waals surface area contributed by atoms with Gasteiger partial charge in [-0.2, -0.15) is 0 Å². The maximum absolute atomic E-state index is 11.9. The summed E-state index contributed by atoms with van der Waals surface area (Å²) in [7, 11) is 0. The molecule has 2 heterocycles. The van der Waals surface area contributed by atoms with E-state index in [1.54, 1.807) is 0 Å². The first-order chi connectivity index (χ1) is 14.9. The Morgan fingerprint density at radius 2 is 1.29 bits per heavy atom. The van der Waals surface area contributed by atoms with Crippen LogP contribution in [0.1, 0.15) is 84.0 Å². The van der Waals surface area contributed by atoms with Crippen molar-refractivity contribution in [2.45, 2.75) is 98.6 Å². The topological polar surface area (TPSA) is 95.6 Å². The molecule has 0 N–H and O–H groups in total. The molecule has 0 radical (unpaired) electrons. The van der Waals surface area contributed by atoms with Gasteiger partial charge in [0.25, 0.3) is 0 Å². The van der Waals surface area contributed by atoms with Gasteiger partial charge in [-0.25, -0.2) is 0 Å². The Labute approximate surface area is 185 Å². The van der Waals surface area contributed by atoms with E-state index in [4.69, 9.17) is 0 Å². The minimum absolute atomic E-state index is 0.120. The molecule has 31 heavy (non-hydrogen) atoms. The van der Waals surface area contributed by atoms with E-state index in [9.17, 15) is 9.59 Å². The predicted octanol–water partition coefficient (Wildman–Crippen LogP) is 3.84. The lowest BCUT2D eigenvalue weighted by atomic mass is 9.99. The number of hydrogen-bond donors (Lipinski definition) is 0. The number of hydrogen-bond acceptors (Lipinski definition) is 6. The molecule has 2 rings (SSSR count). The quantitative estimate of drug-likeness (QED) is 0.376. The second kappa shape index (κ2) is 13.1. The van der Waals surface area contributed by atoms with E-state index in [-0.39, 0.29) is 11.8 Å². The second-order valence-corrected chi connectivity index (χ2v) is 8.76. The Morgan fingerprint density at radius 3 is 1.74 bits per heavy atom. The summed E-state index contributed by atoms with van der Waals surface area (Å²) in [5.74, 6) is 0.977. The number of aromatic nitrogens is 6. The number of aryl methyl sites for hydroxylation is 4. The Kier molecular flexibility index (Phi) is 10.5. The molecule has 0 spiro atoms. The molecule has 2 aromatic heterocycles. The number of ketones is 2. The summed E-state index contributed by atoms with van der Waals surface area (Å²) in [6.45, 7) is 9.52. The summed E-state index contributed by atoms with van der Waals surface area (Å²) in [5.41, 5.74) is 1.88. The zero-order valence-electron chi connectivity index (χ0n) is 19.6. The van der Waals surface area contributed by atoms with E-state index in [1.165, 1.54) is 0 Å². The minimum Gasteiger partial charge on any atom is -0.299 e. The van der Waals surface area contributed by atoms with Gasteiger partial charge in [0.1, 0.15) is 11.6 Å². The van der Waals surface area contributed by atoms with Crippen LogP contribution >= 0.6 is 0 Å². The number of rotatable bonds is 16. The first-order valence-corrected chi connectivity index (χ1v) is 11.7. The molecular weight excluding hydrogens is 392 g/mol. The van der Waals surface area contributed by atoms with Gasteiger partial charge in [-0.1, -0.05) is 38.1 Å². The Bertz CT molecular complexity index is 811. The van der Waals surface area contributed by atoms with Crippen molar-refractivity contribution >= 4 is 11.6 Å². The number of Topliss-reactive ketones (excluding diaryl/α,β-unsaturated/α-hetero) is 2. The van der Waals surface area contributed by atoms with E-state index in [1.807, 2.05) is 42.5 Å². The van der Waals surface area contributed by atoms with Gasteiger partial charge in [0.05, 0.1) is 11.4 Å². The van der Waals surface area contributed by atoms with Crippen LogP contribution in [0, 0.1) is 11.8 Å². The molecule has 8 nitrogen and oxygen atoms in total. The molecular formula is C23H38N6O2. The second-order valence-electron chi connectivity index (χ2n) is 8.76. The fourth-order valence-electron chi connectivity index (χ4n) is 3.29. The fourth-order valence-corrected chi connectivity index (χ4v) is 3.29. The molecule has 8 heteroatoms. The van der Waals surface area contributed by atoms with E-state index in [0.717, 1.165) is 69.4 Å². The van der Waals surface area contributed by atoms with Crippen LogP contribution in [0.3, 0.4) is 0 Å². The maximum atomic E-state index is 11.9. The summed E-state index contributed by atoms with van der Waals surface area (Å²) in [5, 5.41) is 16.9. The van der Waals surface area contributed by atoms with Gasteiger partial charge in [-0.15, -0.1) is 10.2 Å². The molecule has 0 aromatic carbocycles. The van der Waals surface area contributed by atoms with Crippen LogP contribution in [-0.4, -0.2) is 41.6 Å². The third-order valence-electron chi connectivity index (χ3n) is 5.74. The molecule has 0 saturated carbocycles. The van der Waals surface area contributed by atoms with Crippen molar-refractivity contribution in [2.75, 3.05) is 0 Å². The van der Waals surface area contributed by atoms with Crippen LogP contribution in [0.15, 0.2) is 12.4 Å². The highest BCUT2D eigenvalue weighted by molar-refractivity contribution is 5.80. The molecule has 0 bridgehead atoms. The summed E-state index contributed by atoms with van der Waals surface area (Å²) in [6, 6.07) is 0. The van der Waals surface area contributed by atoms with Gasteiger partial charge in [0.15, 0.2) is 0 Å². The SMILES string of the molecule is CCC(C)C(=O)CCCCn1cc(CCc2cn(CCCCC(=O)C(C)C)nn2)nn1. The molecule has 0 aliphatic carbocycles. The van der Waals surface area contributed by atoms with Crippen LogP contribution in [0.5, 0.6) is 0 Å². The lowest BCUT2D eigenvalue weighted by Crippen LogP contribution is -2.09.